The number of benzene rings is 2. The fourth-order valence-corrected chi connectivity index (χ4v) is 3.78. The number of hydrogen-bond donors (Lipinski definition) is 1. The van der Waals surface area contributed by atoms with Gasteiger partial charge in [0.2, 0.25) is 0 Å². The fraction of sp³-hybridized carbons (Fsp3) is 0.150. The Labute approximate surface area is 155 Å². The topological polar surface area (TPSA) is 59.3 Å². The van der Waals surface area contributed by atoms with Gasteiger partial charge in [-0.1, -0.05) is 24.3 Å². The van der Waals surface area contributed by atoms with Crippen molar-refractivity contribution in [2.45, 2.75) is 13.8 Å². The molecule has 130 valence electrons. The van der Waals surface area contributed by atoms with E-state index in [0.717, 1.165) is 33.4 Å². The lowest BCUT2D eigenvalue weighted by atomic mass is 10.1. The maximum Gasteiger partial charge on any atom is 0.264 e. The molecule has 2 aromatic carbocycles. The van der Waals surface area contributed by atoms with Crippen molar-refractivity contribution in [2.75, 3.05) is 0 Å². The third-order valence-corrected chi connectivity index (χ3v) is 5.26. The van der Waals surface area contributed by atoms with Crippen LogP contribution in [-0.4, -0.2) is 20.6 Å². The molecular weight excluding hydrogens is 344 g/mol. The van der Waals surface area contributed by atoms with E-state index >= 15 is 0 Å². The van der Waals surface area contributed by atoms with E-state index in [4.69, 9.17) is 0 Å². The van der Waals surface area contributed by atoms with E-state index in [1.807, 2.05) is 67.9 Å². The highest BCUT2D eigenvalue weighted by Crippen LogP contribution is 2.31. The molecule has 0 atom stereocenters. The Morgan fingerprint density at radius 1 is 1.19 bits per heavy atom. The largest absolute Gasteiger partial charge is 0.334 e. The van der Waals surface area contributed by atoms with Gasteiger partial charge in [-0.15, -0.1) is 0 Å². The molecule has 26 heavy (non-hydrogen) atoms. The van der Waals surface area contributed by atoms with Gasteiger partial charge in [0, 0.05) is 7.05 Å². The third kappa shape index (κ3) is 3.04. The van der Waals surface area contributed by atoms with Crippen molar-refractivity contribution in [1.82, 2.24) is 14.9 Å². The first-order chi connectivity index (χ1) is 12.5. The van der Waals surface area contributed by atoms with Crippen molar-refractivity contribution in [3.05, 3.63) is 64.3 Å². The minimum atomic E-state index is -0.120. The molecular formula is C20H18N4OS. The third-order valence-electron chi connectivity index (χ3n) is 4.35. The Balaban J connectivity index is 1.66. The first-order valence-electron chi connectivity index (χ1n) is 8.28. The van der Waals surface area contributed by atoms with E-state index in [9.17, 15) is 4.79 Å². The minimum absolute atomic E-state index is 0.120. The summed E-state index contributed by atoms with van der Waals surface area (Å²) in [5, 5.41) is 3.47. The van der Waals surface area contributed by atoms with Crippen LogP contribution in [0.1, 0.15) is 16.7 Å². The van der Waals surface area contributed by atoms with Gasteiger partial charge in [0.25, 0.3) is 5.91 Å². The van der Waals surface area contributed by atoms with Crippen LogP contribution in [0.3, 0.4) is 0 Å². The summed E-state index contributed by atoms with van der Waals surface area (Å²) in [4.78, 5) is 21.9. The SMILES string of the molecule is Cc1cccc(C)c1N=C1NC(=O)/C(=C/c2ccc3ncn(C)c3c2)S1. The molecule has 0 unspecified atom stereocenters. The number of fused-ring (bicyclic) bond motifs is 1. The Kier molecular flexibility index (Phi) is 4.12. The van der Waals surface area contributed by atoms with Crippen LogP contribution in [0.2, 0.25) is 0 Å². The van der Waals surface area contributed by atoms with Gasteiger partial charge < -0.3 is 9.88 Å². The number of aryl methyl sites for hydroxylation is 3. The summed E-state index contributed by atoms with van der Waals surface area (Å²) >= 11 is 1.37. The van der Waals surface area contributed by atoms with Gasteiger partial charge in [-0.25, -0.2) is 9.98 Å². The molecule has 1 saturated heterocycles. The molecule has 1 fully saturated rings. The number of para-hydroxylation sites is 1. The molecule has 0 radical (unpaired) electrons. The normalized spacial score (nSPS) is 17.4. The van der Waals surface area contributed by atoms with Crippen LogP contribution in [0, 0.1) is 13.8 Å². The number of nitrogens with one attached hydrogen (secondary N) is 1. The standard InChI is InChI=1S/C20H18N4OS/c1-12-5-4-6-13(2)18(12)22-20-23-19(25)17(26-20)10-14-7-8-15-16(9-14)24(3)11-21-15/h4-11H,1-3H3,(H,22,23,25)/b17-10-. The van der Waals surface area contributed by atoms with Crippen LogP contribution in [0.4, 0.5) is 5.69 Å². The van der Waals surface area contributed by atoms with E-state index < -0.39 is 0 Å². The van der Waals surface area contributed by atoms with Gasteiger partial charge in [0.15, 0.2) is 5.17 Å². The lowest BCUT2D eigenvalue weighted by Gasteiger charge is -2.04. The molecule has 1 N–H and O–H groups in total. The smallest absolute Gasteiger partial charge is 0.264 e. The molecule has 2 heterocycles. The number of carbonyl (C=O) groups excluding carboxylic acids is 1. The van der Waals surface area contributed by atoms with Crippen LogP contribution < -0.4 is 5.32 Å². The summed E-state index contributed by atoms with van der Waals surface area (Å²) in [6, 6.07) is 12.0. The molecule has 0 aliphatic carbocycles. The van der Waals surface area contributed by atoms with Crippen molar-refractivity contribution in [2.24, 2.45) is 12.0 Å². The zero-order valence-corrected chi connectivity index (χ0v) is 15.6. The van der Waals surface area contributed by atoms with Crippen molar-refractivity contribution in [1.29, 1.82) is 0 Å². The lowest BCUT2D eigenvalue weighted by Crippen LogP contribution is -2.19. The van der Waals surface area contributed by atoms with Gasteiger partial charge in [-0.2, -0.15) is 0 Å². The Morgan fingerprint density at radius 3 is 2.73 bits per heavy atom. The number of nitrogens with zero attached hydrogens (tertiary/aromatic N) is 3. The Morgan fingerprint density at radius 2 is 1.96 bits per heavy atom. The maximum absolute atomic E-state index is 12.3. The summed E-state index contributed by atoms with van der Waals surface area (Å²) in [5.74, 6) is -0.120. The first-order valence-corrected chi connectivity index (χ1v) is 9.10. The Hall–Kier alpha value is -2.86. The van der Waals surface area contributed by atoms with E-state index in [-0.39, 0.29) is 5.91 Å². The quantitative estimate of drug-likeness (QED) is 0.699. The number of carbonyl (C=O) groups is 1. The van der Waals surface area contributed by atoms with Crippen LogP contribution in [0.25, 0.3) is 17.1 Å². The predicted octanol–water partition coefficient (Wildman–Crippen LogP) is 4.08. The second kappa shape index (κ2) is 6.46. The molecule has 0 bridgehead atoms. The van der Waals surface area contributed by atoms with Gasteiger partial charge in [-0.05, 0) is 60.5 Å². The van der Waals surface area contributed by atoms with Crippen LogP contribution in [-0.2, 0) is 11.8 Å². The highest BCUT2D eigenvalue weighted by molar-refractivity contribution is 8.18. The summed E-state index contributed by atoms with van der Waals surface area (Å²) in [6.45, 7) is 4.04. The lowest BCUT2D eigenvalue weighted by molar-refractivity contribution is -0.115. The van der Waals surface area contributed by atoms with Crippen molar-refractivity contribution in [3.8, 4) is 0 Å². The van der Waals surface area contributed by atoms with Gasteiger partial charge in [0.05, 0.1) is 28.0 Å². The summed E-state index contributed by atoms with van der Waals surface area (Å²) in [6.07, 6.45) is 3.67. The highest BCUT2D eigenvalue weighted by Gasteiger charge is 2.24. The molecule has 1 aliphatic rings. The predicted molar refractivity (Wildman–Crippen MR) is 107 cm³/mol. The number of amidine groups is 1. The summed E-state index contributed by atoms with van der Waals surface area (Å²) < 4.78 is 1.97. The number of rotatable bonds is 2. The number of imidazole rings is 1. The molecule has 0 spiro atoms. The first kappa shape index (κ1) is 16.6. The molecule has 1 aromatic heterocycles. The van der Waals surface area contributed by atoms with E-state index in [2.05, 4.69) is 15.3 Å². The number of aliphatic imine (C=N–C) groups is 1. The maximum atomic E-state index is 12.3. The molecule has 6 heteroatoms. The van der Waals surface area contributed by atoms with Crippen LogP contribution in [0.5, 0.6) is 0 Å². The van der Waals surface area contributed by atoms with Crippen LogP contribution in [0.15, 0.2) is 52.6 Å². The van der Waals surface area contributed by atoms with Gasteiger partial charge in [0.1, 0.15) is 0 Å². The summed E-state index contributed by atoms with van der Waals surface area (Å²) in [5.41, 5.74) is 6.03. The highest BCUT2D eigenvalue weighted by atomic mass is 32.2. The summed E-state index contributed by atoms with van der Waals surface area (Å²) in [7, 11) is 1.96. The zero-order chi connectivity index (χ0) is 18.3. The molecule has 5 nitrogen and oxygen atoms in total. The number of thioether (sulfide) groups is 1. The zero-order valence-electron chi connectivity index (χ0n) is 14.8. The monoisotopic (exact) mass is 362 g/mol. The molecule has 1 amide bonds. The Bertz CT molecular complexity index is 1070. The van der Waals surface area contributed by atoms with Crippen molar-refractivity contribution in [3.63, 3.8) is 0 Å². The second-order valence-corrected chi connectivity index (χ2v) is 7.36. The van der Waals surface area contributed by atoms with Crippen LogP contribution >= 0.6 is 11.8 Å². The van der Waals surface area contributed by atoms with Crippen molar-refractivity contribution < 1.29 is 4.79 Å². The average Bonchev–Trinajstić information content (AvgIpc) is 3.14. The van der Waals surface area contributed by atoms with Gasteiger partial charge >= 0.3 is 0 Å². The minimum Gasteiger partial charge on any atom is -0.334 e. The fourth-order valence-electron chi connectivity index (χ4n) is 2.95. The second-order valence-electron chi connectivity index (χ2n) is 6.33. The molecule has 3 aromatic rings. The number of amides is 1. The van der Waals surface area contributed by atoms with E-state index in [1.165, 1.54) is 11.8 Å². The number of hydrogen-bond acceptors (Lipinski definition) is 4. The molecule has 0 saturated carbocycles. The van der Waals surface area contributed by atoms with E-state index in [1.54, 1.807) is 6.33 Å². The molecule has 4 rings (SSSR count). The number of aromatic nitrogens is 2. The molecule has 1 aliphatic heterocycles. The van der Waals surface area contributed by atoms with E-state index in [0.29, 0.717) is 10.1 Å². The average molecular weight is 362 g/mol. The van der Waals surface area contributed by atoms with Gasteiger partial charge in [-0.3, -0.25) is 4.79 Å². The van der Waals surface area contributed by atoms with Crippen molar-refractivity contribution >= 4 is 45.6 Å².